The van der Waals surface area contributed by atoms with Crippen LogP contribution < -0.4 is 14.8 Å². The van der Waals surface area contributed by atoms with Crippen molar-refractivity contribution in [1.82, 2.24) is 15.1 Å². The molecule has 2 rings (SSSR count). The Morgan fingerprint density at radius 2 is 1.92 bits per heavy atom. The highest BCUT2D eigenvalue weighted by atomic mass is 16.5. The van der Waals surface area contributed by atoms with Gasteiger partial charge in [-0.25, -0.2) is 0 Å². The first-order valence-corrected chi connectivity index (χ1v) is 9.06. The first-order chi connectivity index (χ1) is 11.5. The number of rotatable bonds is 8. The van der Waals surface area contributed by atoms with Gasteiger partial charge in [0.2, 0.25) is 0 Å². The van der Waals surface area contributed by atoms with Gasteiger partial charge in [-0.05, 0) is 52.6 Å². The fourth-order valence-corrected chi connectivity index (χ4v) is 3.30. The lowest BCUT2D eigenvalue weighted by Crippen LogP contribution is -2.51. The highest BCUT2D eigenvalue weighted by Gasteiger charge is 2.26. The number of hydrogen-bond donors (Lipinski definition) is 1. The van der Waals surface area contributed by atoms with Crippen molar-refractivity contribution >= 4 is 0 Å². The summed E-state index contributed by atoms with van der Waals surface area (Å²) in [5, 5.41) is 3.53. The maximum absolute atomic E-state index is 5.82. The molecular formula is C19H33N3O2. The summed E-state index contributed by atoms with van der Waals surface area (Å²) < 4.78 is 11.5. The molecule has 136 valence electrons. The van der Waals surface area contributed by atoms with Crippen molar-refractivity contribution in [2.24, 2.45) is 0 Å². The van der Waals surface area contributed by atoms with Crippen LogP contribution in [0.15, 0.2) is 18.2 Å². The second-order valence-electron chi connectivity index (χ2n) is 6.70. The van der Waals surface area contributed by atoms with Crippen LogP contribution in [-0.4, -0.2) is 69.3 Å². The molecule has 1 aromatic carbocycles. The Hall–Kier alpha value is -1.30. The molecule has 1 N–H and O–H groups in total. The van der Waals surface area contributed by atoms with Gasteiger partial charge in [0.05, 0.1) is 13.2 Å². The summed E-state index contributed by atoms with van der Waals surface area (Å²) in [6.07, 6.45) is 0. The molecule has 5 heteroatoms. The number of ether oxygens (including phenoxy) is 2. The number of hydrogen-bond acceptors (Lipinski definition) is 5. The zero-order valence-corrected chi connectivity index (χ0v) is 15.8. The predicted octanol–water partition coefficient (Wildman–Crippen LogP) is 2.38. The first-order valence-electron chi connectivity index (χ1n) is 9.06. The van der Waals surface area contributed by atoms with Crippen molar-refractivity contribution in [2.75, 3.05) is 53.5 Å². The van der Waals surface area contributed by atoms with E-state index >= 15 is 0 Å². The highest BCUT2D eigenvalue weighted by Crippen LogP contribution is 2.33. The minimum Gasteiger partial charge on any atom is -0.490 e. The average molecular weight is 335 g/mol. The third-order valence-electron chi connectivity index (χ3n) is 4.33. The van der Waals surface area contributed by atoms with Crippen molar-refractivity contribution in [1.29, 1.82) is 0 Å². The molecular weight excluding hydrogens is 302 g/mol. The van der Waals surface area contributed by atoms with Gasteiger partial charge < -0.3 is 19.7 Å². The summed E-state index contributed by atoms with van der Waals surface area (Å²) in [6.45, 7) is 11.7. The van der Waals surface area contributed by atoms with Crippen LogP contribution in [0, 0.1) is 0 Å². The monoisotopic (exact) mass is 335 g/mol. The van der Waals surface area contributed by atoms with E-state index in [-0.39, 0.29) is 0 Å². The smallest absolute Gasteiger partial charge is 0.161 e. The lowest BCUT2D eigenvalue weighted by atomic mass is 10.0. The van der Waals surface area contributed by atoms with Crippen LogP contribution in [0.1, 0.15) is 32.4 Å². The summed E-state index contributed by atoms with van der Waals surface area (Å²) in [4.78, 5) is 4.83. The van der Waals surface area contributed by atoms with E-state index in [4.69, 9.17) is 9.47 Å². The average Bonchev–Trinajstić information content (AvgIpc) is 2.54. The topological polar surface area (TPSA) is 37.0 Å². The fraction of sp³-hybridized carbons (Fsp3) is 0.684. The van der Waals surface area contributed by atoms with Crippen LogP contribution >= 0.6 is 0 Å². The Labute approximate surface area is 146 Å². The molecule has 0 amide bonds. The first kappa shape index (κ1) is 19.0. The molecule has 5 nitrogen and oxygen atoms in total. The summed E-state index contributed by atoms with van der Waals surface area (Å²) in [5.41, 5.74) is 1.30. The SMILES string of the molecule is CCOc1ccc(C(CN(C)C)N2CCNC(C)C2)cc1OCC. The van der Waals surface area contributed by atoms with Crippen LogP contribution in [0.4, 0.5) is 0 Å². The minimum absolute atomic E-state index is 0.361. The summed E-state index contributed by atoms with van der Waals surface area (Å²) in [6, 6.07) is 7.29. The normalized spacial score (nSPS) is 20.2. The second-order valence-corrected chi connectivity index (χ2v) is 6.70. The zero-order chi connectivity index (χ0) is 17.5. The molecule has 1 saturated heterocycles. The van der Waals surface area contributed by atoms with Crippen LogP contribution in [-0.2, 0) is 0 Å². The minimum atomic E-state index is 0.361. The van der Waals surface area contributed by atoms with Gasteiger partial charge in [-0.3, -0.25) is 4.90 Å². The lowest BCUT2D eigenvalue weighted by Gasteiger charge is -2.39. The van der Waals surface area contributed by atoms with E-state index in [1.165, 1.54) is 5.56 Å². The number of benzene rings is 1. The molecule has 0 radical (unpaired) electrons. The van der Waals surface area contributed by atoms with E-state index in [1.807, 2.05) is 13.8 Å². The van der Waals surface area contributed by atoms with Crippen molar-refractivity contribution in [2.45, 2.75) is 32.9 Å². The fourth-order valence-electron chi connectivity index (χ4n) is 3.30. The molecule has 0 aromatic heterocycles. The van der Waals surface area contributed by atoms with Crippen LogP contribution in [0.2, 0.25) is 0 Å². The number of likely N-dealkylation sites (N-methyl/N-ethyl adjacent to an activating group) is 1. The largest absolute Gasteiger partial charge is 0.490 e. The highest BCUT2D eigenvalue weighted by molar-refractivity contribution is 5.44. The summed E-state index contributed by atoms with van der Waals surface area (Å²) >= 11 is 0. The number of nitrogens with one attached hydrogen (secondary N) is 1. The molecule has 24 heavy (non-hydrogen) atoms. The Morgan fingerprint density at radius 1 is 1.21 bits per heavy atom. The van der Waals surface area contributed by atoms with E-state index < -0.39 is 0 Å². The Morgan fingerprint density at radius 3 is 2.54 bits per heavy atom. The van der Waals surface area contributed by atoms with Crippen LogP contribution in [0.5, 0.6) is 11.5 Å². The maximum Gasteiger partial charge on any atom is 0.161 e. The van der Waals surface area contributed by atoms with Crippen molar-refractivity contribution in [3.63, 3.8) is 0 Å². The van der Waals surface area contributed by atoms with E-state index in [2.05, 4.69) is 54.3 Å². The molecule has 1 heterocycles. The van der Waals surface area contributed by atoms with E-state index in [9.17, 15) is 0 Å². The van der Waals surface area contributed by atoms with Gasteiger partial charge >= 0.3 is 0 Å². The molecule has 1 fully saturated rings. The molecule has 0 saturated carbocycles. The van der Waals surface area contributed by atoms with Gasteiger partial charge in [0.1, 0.15) is 0 Å². The Bertz CT molecular complexity index is 507. The number of piperazine rings is 1. The summed E-state index contributed by atoms with van der Waals surface area (Å²) in [7, 11) is 4.27. The van der Waals surface area contributed by atoms with Crippen LogP contribution in [0.3, 0.4) is 0 Å². The zero-order valence-electron chi connectivity index (χ0n) is 15.8. The van der Waals surface area contributed by atoms with E-state index in [0.29, 0.717) is 25.3 Å². The van der Waals surface area contributed by atoms with Gasteiger partial charge in [0.25, 0.3) is 0 Å². The van der Waals surface area contributed by atoms with Crippen molar-refractivity contribution in [3.8, 4) is 11.5 Å². The van der Waals surface area contributed by atoms with Crippen LogP contribution in [0.25, 0.3) is 0 Å². The maximum atomic E-state index is 5.82. The molecule has 2 atom stereocenters. The third kappa shape index (κ3) is 5.10. The van der Waals surface area contributed by atoms with Gasteiger partial charge in [0.15, 0.2) is 11.5 Å². The van der Waals surface area contributed by atoms with E-state index in [0.717, 1.165) is 37.7 Å². The summed E-state index contributed by atoms with van der Waals surface area (Å²) in [5.74, 6) is 1.68. The molecule has 2 unspecified atom stereocenters. The van der Waals surface area contributed by atoms with Gasteiger partial charge in [-0.15, -0.1) is 0 Å². The Balaban J connectivity index is 2.28. The van der Waals surface area contributed by atoms with Gasteiger partial charge in [0, 0.05) is 38.3 Å². The molecule has 1 aromatic rings. The molecule has 0 aliphatic carbocycles. The molecule has 1 aliphatic heterocycles. The lowest BCUT2D eigenvalue weighted by molar-refractivity contribution is 0.125. The second kappa shape index (κ2) is 9.25. The van der Waals surface area contributed by atoms with Crippen molar-refractivity contribution < 1.29 is 9.47 Å². The quantitative estimate of drug-likeness (QED) is 0.789. The third-order valence-corrected chi connectivity index (χ3v) is 4.33. The Kier molecular flexibility index (Phi) is 7.34. The molecule has 0 bridgehead atoms. The van der Waals surface area contributed by atoms with Gasteiger partial charge in [-0.1, -0.05) is 6.07 Å². The predicted molar refractivity (Wildman–Crippen MR) is 99.1 cm³/mol. The molecule has 0 spiro atoms. The van der Waals surface area contributed by atoms with Gasteiger partial charge in [-0.2, -0.15) is 0 Å². The number of nitrogens with zero attached hydrogens (tertiary/aromatic N) is 2. The standard InChI is InChI=1S/C19H33N3O2/c1-6-23-18-9-8-16(12-19(18)24-7-2)17(14-21(4)5)22-11-10-20-15(3)13-22/h8-9,12,15,17,20H,6-7,10-11,13-14H2,1-5H3. The van der Waals surface area contributed by atoms with E-state index in [1.54, 1.807) is 0 Å². The molecule has 1 aliphatic rings. The van der Waals surface area contributed by atoms with Crippen molar-refractivity contribution in [3.05, 3.63) is 23.8 Å².